The van der Waals surface area contributed by atoms with Gasteiger partial charge in [-0.1, -0.05) is 48.9 Å². The van der Waals surface area contributed by atoms with E-state index in [1.807, 2.05) is 25.1 Å². The van der Waals surface area contributed by atoms with Crippen molar-refractivity contribution >= 4 is 27.9 Å². The van der Waals surface area contributed by atoms with Crippen molar-refractivity contribution in [2.24, 2.45) is 11.8 Å². The van der Waals surface area contributed by atoms with Gasteiger partial charge in [0.05, 0.1) is 10.9 Å². The van der Waals surface area contributed by atoms with Gasteiger partial charge in [-0.15, -0.1) is 5.10 Å². The fourth-order valence-corrected chi connectivity index (χ4v) is 5.51. The van der Waals surface area contributed by atoms with Crippen LogP contribution in [0.15, 0.2) is 24.3 Å². The van der Waals surface area contributed by atoms with Crippen molar-refractivity contribution in [2.75, 3.05) is 13.1 Å². The molecule has 26 heavy (non-hydrogen) atoms. The van der Waals surface area contributed by atoms with Gasteiger partial charge in [0.1, 0.15) is 5.82 Å². The molecule has 1 aliphatic heterocycles. The second kappa shape index (κ2) is 6.83. The third-order valence-electron chi connectivity index (χ3n) is 4.98. The number of piperidine rings is 1. The Balaban J connectivity index is 1.84. The molecule has 3 aromatic rings. The first-order chi connectivity index (χ1) is 12.4. The molecule has 0 spiro atoms. The van der Waals surface area contributed by atoms with Gasteiger partial charge in [-0.2, -0.15) is 4.52 Å². The van der Waals surface area contributed by atoms with E-state index in [9.17, 15) is 5.11 Å². The highest BCUT2D eigenvalue weighted by molar-refractivity contribution is 7.17. The largest absolute Gasteiger partial charge is 0.492 e. The maximum atomic E-state index is 10.9. The summed E-state index contributed by atoms with van der Waals surface area (Å²) in [4.78, 5) is 8.49. The summed E-state index contributed by atoms with van der Waals surface area (Å²) >= 11 is 7.79. The van der Waals surface area contributed by atoms with Crippen molar-refractivity contribution in [3.05, 3.63) is 45.6 Å². The van der Waals surface area contributed by atoms with Crippen LogP contribution in [0.5, 0.6) is 5.88 Å². The molecule has 7 heteroatoms. The van der Waals surface area contributed by atoms with E-state index in [1.165, 1.54) is 17.8 Å². The summed E-state index contributed by atoms with van der Waals surface area (Å²) in [7, 11) is 0. The average Bonchev–Trinajstić information content (AvgIpc) is 3.05. The molecule has 0 radical (unpaired) electrons. The Hall–Kier alpha value is -1.63. The van der Waals surface area contributed by atoms with E-state index >= 15 is 0 Å². The number of rotatable bonds is 3. The Morgan fingerprint density at radius 1 is 1.27 bits per heavy atom. The number of likely N-dealkylation sites (tertiary alicyclic amines) is 1. The molecule has 1 aromatic carbocycles. The standard InChI is InChI=1S/C19H23ClN4OS/c1-11-7-12(2)10-23(9-11)16(14-5-4-6-15(20)8-14)17-18(25)24-19(26-17)21-13(3)22-24/h4-6,8,11-12,16,25H,7,9-10H2,1-3H3/t11-,12-,16+/m0/s1. The number of aromatic nitrogens is 3. The summed E-state index contributed by atoms with van der Waals surface area (Å²) in [6.45, 7) is 8.41. The van der Waals surface area contributed by atoms with Crippen molar-refractivity contribution in [2.45, 2.75) is 33.2 Å². The Morgan fingerprint density at radius 2 is 2.00 bits per heavy atom. The van der Waals surface area contributed by atoms with E-state index in [0.717, 1.165) is 28.5 Å². The number of halogens is 1. The zero-order chi connectivity index (χ0) is 18.4. The molecule has 0 saturated carbocycles. The number of aromatic hydroxyl groups is 1. The first-order valence-corrected chi connectivity index (χ1v) is 10.2. The molecule has 0 unspecified atom stereocenters. The van der Waals surface area contributed by atoms with Crippen molar-refractivity contribution in [3.63, 3.8) is 0 Å². The van der Waals surface area contributed by atoms with E-state index in [1.54, 1.807) is 4.52 Å². The molecule has 138 valence electrons. The highest BCUT2D eigenvalue weighted by atomic mass is 35.5. The van der Waals surface area contributed by atoms with Gasteiger partial charge >= 0.3 is 0 Å². The average molecular weight is 391 g/mol. The highest BCUT2D eigenvalue weighted by Crippen LogP contribution is 2.42. The minimum Gasteiger partial charge on any atom is -0.492 e. The van der Waals surface area contributed by atoms with E-state index < -0.39 is 0 Å². The number of fused-ring (bicyclic) bond motifs is 1. The van der Waals surface area contributed by atoms with Crippen molar-refractivity contribution in [1.82, 2.24) is 19.5 Å². The van der Waals surface area contributed by atoms with E-state index in [0.29, 0.717) is 22.7 Å². The molecule has 0 amide bonds. The van der Waals surface area contributed by atoms with Gasteiger partial charge in [-0.25, -0.2) is 4.98 Å². The molecule has 0 aliphatic carbocycles. The van der Waals surface area contributed by atoms with Gasteiger partial charge in [0, 0.05) is 18.1 Å². The molecular formula is C19H23ClN4OS. The topological polar surface area (TPSA) is 53.7 Å². The molecule has 3 heterocycles. The lowest BCUT2D eigenvalue weighted by molar-refractivity contribution is 0.112. The maximum absolute atomic E-state index is 10.9. The number of aryl methyl sites for hydroxylation is 1. The molecule has 1 aliphatic rings. The monoisotopic (exact) mass is 390 g/mol. The summed E-state index contributed by atoms with van der Waals surface area (Å²) in [6.07, 6.45) is 1.24. The van der Waals surface area contributed by atoms with Crippen LogP contribution >= 0.6 is 22.9 Å². The minimum atomic E-state index is -0.0484. The number of thiazole rings is 1. The lowest BCUT2D eigenvalue weighted by atomic mass is 9.89. The van der Waals surface area contributed by atoms with E-state index in [2.05, 4.69) is 34.9 Å². The highest BCUT2D eigenvalue weighted by Gasteiger charge is 2.33. The summed E-state index contributed by atoms with van der Waals surface area (Å²) in [5, 5.41) is 15.9. The van der Waals surface area contributed by atoms with Crippen LogP contribution in [0.25, 0.3) is 4.96 Å². The van der Waals surface area contributed by atoms with Gasteiger partial charge in [0.15, 0.2) is 0 Å². The predicted octanol–water partition coefficient (Wildman–Crippen LogP) is 4.53. The van der Waals surface area contributed by atoms with Crippen molar-refractivity contribution < 1.29 is 5.11 Å². The molecule has 4 rings (SSSR count). The van der Waals surface area contributed by atoms with Gasteiger partial charge in [0.2, 0.25) is 10.8 Å². The molecule has 1 N–H and O–H groups in total. The molecule has 3 atom stereocenters. The Labute approximate surface area is 162 Å². The van der Waals surface area contributed by atoms with Gasteiger partial charge in [-0.05, 0) is 42.9 Å². The first-order valence-electron chi connectivity index (χ1n) is 8.97. The van der Waals surface area contributed by atoms with E-state index in [4.69, 9.17) is 11.6 Å². The van der Waals surface area contributed by atoms with Crippen molar-refractivity contribution in [3.8, 4) is 5.88 Å². The summed E-state index contributed by atoms with van der Waals surface area (Å²) in [5.74, 6) is 2.08. The zero-order valence-electron chi connectivity index (χ0n) is 15.2. The van der Waals surface area contributed by atoms with Crippen LogP contribution in [0.4, 0.5) is 0 Å². The molecule has 1 saturated heterocycles. The Kier molecular flexibility index (Phi) is 4.67. The van der Waals surface area contributed by atoms with Crippen molar-refractivity contribution in [1.29, 1.82) is 0 Å². The van der Waals surface area contributed by atoms with Crippen LogP contribution < -0.4 is 0 Å². The van der Waals surface area contributed by atoms with E-state index in [-0.39, 0.29) is 11.9 Å². The minimum absolute atomic E-state index is 0.0484. The van der Waals surface area contributed by atoms with Gasteiger partial charge in [0.25, 0.3) is 0 Å². The quantitative estimate of drug-likeness (QED) is 0.714. The normalized spacial score (nSPS) is 22.8. The second-order valence-electron chi connectivity index (χ2n) is 7.50. The summed E-state index contributed by atoms with van der Waals surface area (Å²) < 4.78 is 1.55. The SMILES string of the molecule is Cc1nc2sc([C@@H](c3cccc(Cl)c3)N3C[C@@H](C)C[C@H](C)C3)c(O)n2n1. The van der Waals surface area contributed by atoms with Gasteiger partial charge < -0.3 is 5.11 Å². The molecule has 5 nitrogen and oxygen atoms in total. The fourth-order valence-electron chi connectivity index (χ4n) is 4.15. The van der Waals surface area contributed by atoms with Crippen LogP contribution in [0.2, 0.25) is 5.02 Å². The van der Waals surface area contributed by atoms with Gasteiger partial charge in [-0.3, -0.25) is 4.90 Å². The van der Waals surface area contributed by atoms with Crippen LogP contribution in [0, 0.1) is 18.8 Å². The summed E-state index contributed by atoms with van der Waals surface area (Å²) in [6, 6.07) is 7.89. The zero-order valence-corrected chi connectivity index (χ0v) is 16.8. The number of hydrogen-bond donors (Lipinski definition) is 1. The predicted molar refractivity (Wildman–Crippen MR) is 105 cm³/mol. The molecular weight excluding hydrogens is 368 g/mol. The lowest BCUT2D eigenvalue weighted by Crippen LogP contribution is -2.41. The van der Waals surface area contributed by atoms with Crippen LogP contribution in [-0.2, 0) is 0 Å². The number of hydrogen-bond acceptors (Lipinski definition) is 5. The molecule has 0 bridgehead atoms. The summed E-state index contributed by atoms with van der Waals surface area (Å²) in [5.41, 5.74) is 1.09. The fraction of sp³-hybridized carbons (Fsp3) is 0.474. The maximum Gasteiger partial charge on any atom is 0.230 e. The number of benzene rings is 1. The first kappa shape index (κ1) is 17.8. The Bertz CT molecular complexity index is 927. The molecule has 1 fully saturated rings. The number of nitrogens with zero attached hydrogens (tertiary/aromatic N) is 4. The Morgan fingerprint density at radius 3 is 2.65 bits per heavy atom. The lowest BCUT2D eigenvalue weighted by Gasteiger charge is -2.40. The third kappa shape index (κ3) is 3.21. The van der Waals surface area contributed by atoms with Crippen LogP contribution in [0.1, 0.15) is 42.6 Å². The second-order valence-corrected chi connectivity index (χ2v) is 8.95. The third-order valence-corrected chi connectivity index (χ3v) is 6.29. The van der Waals surface area contributed by atoms with Crippen LogP contribution in [-0.4, -0.2) is 37.7 Å². The van der Waals surface area contributed by atoms with Crippen LogP contribution in [0.3, 0.4) is 0 Å². The molecule has 2 aromatic heterocycles. The smallest absolute Gasteiger partial charge is 0.230 e.